The summed E-state index contributed by atoms with van der Waals surface area (Å²) in [6, 6.07) is 14.4. The fourth-order valence-corrected chi connectivity index (χ4v) is 7.25. The van der Waals surface area contributed by atoms with Crippen molar-refractivity contribution < 1.29 is 13.6 Å². The highest BCUT2D eigenvalue weighted by Crippen LogP contribution is 2.40. The summed E-state index contributed by atoms with van der Waals surface area (Å²) in [7, 11) is 1.87. The predicted octanol–water partition coefficient (Wildman–Crippen LogP) is 5.30. The highest BCUT2D eigenvalue weighted by Gasteiger charge is 2.46. The number of hydrogen-bond donors (Lipinski definition) is 2. The van der Waals surface area contributed by atoms with Crippen LogP contribution < -0.4 is 10.7 Å². The van der Waals surface area contributed by atoms with E-state index in [0.717, 1.165) is 61.1 Å². The highest BCUT2D eigenvalue weighted by atomic mass is 19.1. The van der Waals surface area contributed by atoms with Crippen LogP contribution in [0.2, 0.25) is 0 Å². The third kappa shape index (κ3) is 5.60. The SMILES string of the molecule is CN[C@@H]1CCN(C(=O)N2CCN(Cc3c[nH]c(-c4ccccc4)cc3=O)C3(CCCC3)C2)[C@H](c2cc(F)ccc2F)C1. The molecule has 0 radical (unpaired) electrons. The van der Waals surface area contributed by atoms with Crippen LogP contribution in [-0.4, -0.2) is 70.5 Å². The van der Waals surface area contributed by atoms with Gasteiger partial charge in [0.1, 0.15) is 11.6 Å². The number of aromatic amines is 1. The molecule has 1 aromatic heterocycles. The largest absolute Gasteiger partial charge is 0.361 e. The summed E-state index contributed by atoms with van der Waals surface area (Å²) in [4.78, 5) is 36.6. The number of H-pyrrole nitrogens is 1. The quantitative estimate of drug-likeness (QED) is 0.434. The maximum Gasteiger partial charge on any atom is 0.320 e. The number of hydrogen-bond acceptors (Lipinski definition) is 4. The smallest absolute Gasteiger partial charge is 0.320 e. The zero-order valence-electron chi connectivity index (χ0n) is 24.1. The van der Waals surface area contributed by atoms with Gasteiger partial charge in [0.15, 0.2) is 5.43 Å². The number of halogens is 2. The molecule has 1 aliphatic carbocycles. The fourth-order valence-electron chi connectivity index (χ4n) is 7.25. The van der Waals surface area contributed by atoms with E-state index >= 15 is 0 Å². The standard InChI is InChI=1S/C33H39F2N5O2/c1-36-26-11-14-40(30(18-26)27-17-25(34)9-10-28(27)35)32(42)38-15-16-39(33(22-38)12-5-6-13-33)21-24-20-37-29(19-31(24)41)23-7-3-2-4-8-23/h2-4,7-10,17,19-20,26,30,36H,5-6,11-16,18,21-22H2,1H3,(H,37,41)/t26-,30+/m1/s1. The Balaban J connectivity index is 1.21. The summed E-state index contributed by atoms with van der Waals surface area (Å²) in [6.07, 6.45) is 7.17. The Bertz CT molecular complexity index is 1470. The number of aromatic nitrogens is 1. The summed E-state index contributed by atoms with van der Waals surface area (Å²) in [5, 5.41) is 3.26. The minimum atomic E-state index is -0.543. The van der Waals surface area contributed by atoms with Crippen molar-refractivity contribution in [1.29, 1.82) is 0 Å². The summed E-state index contributed by atoms with van der Waals surface area (Å²) in [5.41, 5.74) is 2.51. The summed E-state index contributed by atoms with van der Waals surface area (Å²) in [5.74, 6) is -0.993. The number of urea groups is 1. The molecule has 0 unspecified atom stereocenters. The molecule has 6 rings (SSSR count). The maximum atomic E-state index is 14.9. The van der Waals surface area contributed by atoms with E-state index in [1.165, 1.54) is 6.07 Å². The second-order valence-corrected chi connectivity index (χ2v) is 12.0. The van der Waals surface area contributed by atoms with Crippen LogP contribution in [0.4, 0.5) is 13.6 Å². The van der Waals surface area contributed by atoms with Crippen LogP contribution in [0.5, 0.6) is 0 Å². The molecule has 222 valence electrons. The first-order valence-electron chi connectivity index (χ1n) is 15.1. The van der Waals surface area contributed by atoms with E-state index in [9.17, 15) is 18.4 Å². The number of amides is 2. The summed E-state index contributed by atoms with van der Waals surface area (Å²) < 4.78 is 29.1. The van der Waals surface area contributed by atoms with E-state index in [-0.39, 0.29) is 28.6 Å². The van der Waals surface area contributed by atoms with Crippen LogP contribution in [0.3, 0.4) is 0 Å². The van der Waals surface area contributed by atoms with Gasteiger partial charge in [0.25, 0.3) is 0 Å². The lowest BCUT2D eigenvalue weighted by Gasteiger charge is -2.51. The average molecular weight is 576 g/mol. The molecule has 3 heterocycles. The molecule has 42 heavy (non-hydrogen) atoms. The van der Waals surface area contributed by atoms with Gasteiger partial charge in [-0.05, 0) is 56.5 Å². The first kappa shape index (κ1) is 28.6. The zero-order chi connectivity index (χ0) is 29.3. The lowest BCUT2D eigenvalue weighted by atomic mass is 9.90. The van der Waals surface area contributed by atoms with E-state index in [1.807, 2.05) is 48.5 Å². The predicted molar refractivity (Wildman–Crippen MR) is 159 cm³/mol. The monoisotopic (exact) mass is 575 g/mol. The second kappa shape index (κ2) is 12.0. The number of nitrogens with one attached hydrogen (secondary N) is 2. The molecule has 3 aromatic rings. The van der Waals surface area contributed by atoms with Crippen LogP contribution >= 0.6 is 0 Å². The molecule has 1 spiro atoms. The maximum absolute atomic E-state index is 14.9. The minimum Gasteiger partial charge on any atom is -0.361 e. The molecule has 3 fully saturated rings. The van der Waals surface area contributed by atoms with Crippen LogP contribution in [-0.2, 0) is 6.54 Å². The minimum absolute atomic E-state index is 0.00613. The lowest BCUT2D eigenvalue weighted by molar-refractivity contribution is -0.00238. The third-order valence-corrected chi connectivity index (χ3v) is 9.61. The van der Waals surface area contributed by atoms with Gasteiger partial charge < -0.3 is 20.1 Å². The number of carbonyl (C=O) groups is 1. The first-order valence-corrected chi connectivity index (χ1v) is 15.1. The van der Waals surface area contributed by atoms with Gasteiger partial charge in [-0.25, -0.2) is 13.6 Å². The molecule has 2 N–H and O–H groups in total. The Labute approximate surface area is 245 Å². The molecule has 1 saturated carbocycles. The van der Waals surface area contributed by atoms with Crippen LogP contribution in [0, 0.1) is 11.6 Å². The molecule has 3 aliphatic rings. The average Bonchev–Trinajstić information content (AvgIpc) is 3.48. The highest BCUT2D eigenvalue weighted by molar-refractivity contribution is 5.75. The van der Waals surface area contributed by atoms with E-state index in [4.69, 9.17) is 0 Å². The number of nitrogens with zero attached hydrogens (tertiary/aromatic N) is 3. The van der Waals surface area contributed by atoms with Crippen molar-refractivity contribution in [2.24, 2.45) is 0 Å². The molecule has 7 nitrogen and oxygen atoms in total. The van der Waals surface area contributed by atoms with Crippen molar-refractivity contribution in [2.45, 2.75) is 62.7 Å². The Kier molecular flexibility index (Phi) is 8.14. The van der Waals surface area contributed by atoms with Gasteiger partial charge >= 0.3 is 6.03 Å². The summed E-state index contributed by atoms with van der Waals surface area (Å²) >= 11 is 0. The molecule has 0 bridgehead atoms. The number of likely N-dealkylation sites (tertiary alicyclic amines) is 1. The van der Waals surface area contributed by atoms with Crippen LogP contribution in [0.1, 0.15) is 55.7 Å². The number of pyridine rings is 1. The first-order chi connectivity index (χ1) is 20.4. The molecule has 2 saturated heterocycles. The summed E-state index contributed by atoms with van der Waals surface area (Å²) in [6.45, 7) is 2.73. The van der Waals surface area contributed by atoms with Gasteiger partial charge in [-0.3, -0.25) is 9.69 Å². The molecule has 9 heteroatoms. The third-order valence-electron chi connectivity index (χ3n) is 9.61. The Morgan fingerprint density at radius 1 is 1.05 bits per heavy atom. The second-order valence-electron chi connectivity index (χ2n) is 12.0. The van der Waals surface area contributed by atoms with Crippen LogP contribution in [0.25, 0.3) is 11.3 Å². The van der Waals surface area contributed by atoms with Crippen molar-refractivity contribution >= 4 is 6.03 Å². The molecule has 2 atom stereocenters. The van der Waals surface area contributed by atoms with Crippen molar-refractivity contribution in [3.05, 3.63) is 93.8 Å². The van der Waals surface area contributed by atoms with E-state index in [0.29, 0.717) is 39.1 Å². The van der Waals surface area contributed by atoms with Gasteiger partial charge in [0, 0.05) is 73.4 Å². The Morgan fingerprint density at radius 3 is 2.57 bits per heavy atom. The molecule has 2 aromatic carbocycles. The van der Waals surface area contributed by atoms with Crippen LogP contribution in [0.15, 0.2) is 65.6 Å². The number of carbonyl (C=O) groups excluding carboxylic acids is 1. The number of benzene rings is 2. The fraction of sp³-hybridized carbons (Fsp3) is 0.455. The molecule has 2 aliphatic heterocycles. The van der Waals surface area contributed by atoms with E-state index < -0.39 is 17.7 Å². The number of rotatable bonds is 5. The number of piperazine rings is 1. The van der Waals surface area contributed by atoms with Crippen molar-refractivity contribution in [3.8, 4) is 11.3 Å². The van der Waals surface area contributed by atoms with Crippen molar-refractivity contribution in [1.82, 2.24) is 25.0 Å². The van der Waals surface area contributed by atoms with Gasteiger partial charge in [-0.2, -0.15) is 0 Å². The van der Waals surface area contributed by atoms with Gasteiger partial charge in [0.2, 0.25) is 0 Å². The Morgan fingerprint density at radius 2 is 1.83 bits per heavy atom. The van der Waals surface area contributed by atoms with E-state index in [1.54, 1.807) is 11.0 Å². The van der Waals surface area contributed by atoms with Gasteiger partial charge in [-0.1, -0.05) is 43.2 Å². The topological polar surface area (TPSA) is 71.7 Å². The van der Waals surface area contributed by atoms with Crippen molar-refractivity contribution in [2.75, 3.05) is 33.2 Å². The number of piperidine rings is 1. The Hall–Kier alpha value is -3.56. The van der Waals surface area contributed by atoms with E-state index in [2.05, 4.69) is 15.2 Å². The zero-order valence-corrected chi connectivity index (χ0v) is 24.1. The normalized spacial score (nSPS) is 22.5. The molecule has 2 amide bonds. The van der Waals surface area contributed by atoms with Crippen molar-refractivity contribution in [3.63, 3.8) is 0 Å². The molecular weight excluding hydrogens is 536 g/mol. The van der Waals surface area contributed by atoms with Gasteiger partial charge in [0.05, 0.1) is 6.04 Å². The molecular formula is C33H39F2N5O2. The van der Waals surface area contributed by atoms with Gasteiger partial charge in [-0.15, -0.1) is 0 Å². The lowest BCUT2D eigenvalue weighted by Crippen LogP contribution is -2.64.